The van der Waals surface area contributed by atoms with Gasteiger partial charge >= 0.3 is 0 Å². The zero-order chi connectivity index (χ0) is 17.1. The number of carbonyl (C=O) groups excluding carboxylic acids is 2. The summed E-state index contributed by atoms with van der Waals surface area (Å²) in [7, 11) is 0. The Kier molecular flexibility index (Phi) is 5.07. The lowest BCUT2D eigenvalue weighted by atomic mass is 10.1. The average Bonchev–Trinajstić information content (AvgIpc) is 2.96. The number of hydrogen-bond donors (Lipinski definition) is 1. The smallest absolute Gasteiger partial charge is 0.227 e. The third-order valence-corrected chi connectivity index (χ3v) is 4.59. The van der Waals surface area contributed by atoms with Gasteiger partial charge in [0.05, 0.1) is 16.6 Å². The van der Waals surface area contributed by atoms with E-state index in [4.69, 9.17) is 23.2 Å². The molecule has 124 valence electrons. The summed E-state index contributed by atoms with van der Waals surface area (Å²) in [5, 5.41) is 4.04. The number of halogens is 2. The van der Waals surface area contributed by atoms with Gasteiger partial charge in [-0.3, -0.25) is 9.59 Å². The molecule has 3 rings (SSSR count). The van der Waals surface area contributed by atoms with Crippen molar-refractivity contribution in [1.29, 1.82) is 0 Å². The van der Waals surface area contributed by atoms with Gasteiger partial charge in [0.25, 0.3) is 0 Å². The Bertz CT molecular complexity index is 762. The van der Waals surface area contributed by atoms with E-state index in [2.05, 4.69) is 5.32 Å². The summed E-state index contributed by atoms with van der Waals surface area (Å²) in [4.78, 5) is 26.1. The van der Waals surface area contributed by atoms with Crippen LogP contribution in [0.4, 0.5) is 5.69 Å². The van der Waals surface area contributed by atoms with Crippen LogP contribution in [0.15, 0.2) is 48.5 Å². The second-order valence-electron chi connectivity index (χ2n) is 5.70. The van der Waals surface area contributed by atoms with Crippen LogP contribution in [0.5, 0.6) is 0 Å². The summed E-state index contributed by atoms with van der Waals surface area (Å²) in [5.74, 6) is -0.594. The molecule has 1 fully saturated rings. The Morgan fingerprint density at radius 3 is 2.54 bits per heavy atom. The van der Waals surface area contributed by atoms with Crippen LogP contribution in [0.3, 0.4) is 0 Å². The maximum Gasteiger partial charge on any atom is 0.227 e. The van der Waals surface area contributed by atoms with Gasteiger partial charge in [-0.1, -0.05) is 47.5 Å². The van der Waals surface area contributed by atoms with Crippen molar-refractivity contribution in [1.82, 2.24) is 5.32 Å². The van der Waals surface area contributed by atoms with E-state index in [0.29, 0.717) is 28.8 Å². The predicted octanol–water partition coefficient (Wildman–Crippen LogP) is 3.66. The van der Waals surface area contributed by atoms with Crippen molar-refractivity contribution in [3.05, 3.63) is 64.1 Å². The lowest BCUT2D eigenvalue weighted by Gasteiger charge is -2.18. The Morgan fingerprint density at radius 1 is 1.12 bits per heavy atom. The van der Waals surface area contributed by atoms with Gasteiger partial charge in [-0.05, 0) is 29.8 Å². The lowest BCUT2D eigenvalue weighted by molar-refractivity contribution is -0.126. The standard InChI is InChI=1S/C18H16Cl2N2O2/c19-14-7-5-12(6-8-14)10-21-18(24)13-9-17(23)22(11-13)16-4-2-1-3-15(16)20/h1-8,13H,9-11H2,(H,21,24)/t13-/m1/s1. The van der Waals surface area contributed by atoms with Crippen molar-refractivity contribution in [3.8, 4) is 0 Å². The molecule has 2 aromatic carbocycles. The summed E-state index contributed by atoms with van der Waals surface area (Å²) in [6, 6.07) is 14.4. The van der Waals surface area contributed by atoms with Crippen LogP contribution in [0.2, 0.25) is 10.0 Å². The van der Waals surface area contributed by atoms with Gasteiger partial charge in [0.2, 0.25) is 11.8 Å². The van der Waals surface area contributed by atoms with E-state index in [0.717, 1.165) is 5.56 Å². The molecule has 0 bridgehead atoms. The van der Waals surface area contributed by atoms with Gasteiger partial charge in [-0.25, -0.2) is 0 Å². The highest BCUT2D eigenvalue weighted by atomic mass is 35.5. The summed E-state index contributed by atoms with van der Waals surface area (Å²) in [5.41, 5.74) is 1.61. The van der Waals surface area contributed by atoms with Gasteiger partial charge in [0, 0.05) is 24.5 Å². The zero-order valence-corrected chi connectivity index (χ0v) is 14.3. The number of rotatable bonds is 4. The molecule has 0 radical (unpaired) electrons. The molecular weight excluding hydrogens is 347 g/mol. The van der Waals surface area contributed by atoms with Crippen molar-refractivity contribution in [2.24, 2.45) is 5.92 Å². The number of hydrogen-bond acceptors (Lipinski definition) is 2. The van der Waals surface area contributed by atoms with Crippen LogP contribution in [0.25, 0.3) is 0 Å². The summed E-state index contributed by atoms with van der Waals surface area (Å²) >= 11 is 12.0. The molecule has 24 heavy (non-hydrogen) atoms. The van der Waals surface area contributed by atoms with Crippen molar-refractivity contribution >= 4 is 40.7 Å². The minimum absolute atomic E-state index is 0.0882. The number of anilines is 1. The molecule has 0 aliphatic carbocycles. The minimum atomic E-state index is -0.374. The van der Waals surface area contributed by atoms with E-state index in [1.165, 1.54) is 0 Å². The van der Waals surface area contributed by atoms with Gasteiger partial charge < -0.3 is 10.2 Å². The second-order valence-corrected chi connectivity index (χ2v) is 6.54. The number of carbonyl (C=O) groups is 2. The first-order valence-electron chi connectivity index (χ1n) is 7.61. The minimum Gasteiger partial charge on any atom is -0.352 e. The molecule has 1 atom stereocenters. The monoisotopic (exact) mass is 362 g/mol. The fourth-order valence-corrected chi connectivity index (χ4v) is 3.09. The van der Waals surface area contributed by atoms with E-state index in [1.807, 2.05) is 24.3 Å². The highest BCUT2D eigenvalue weighted by Crippen LogP contribution is 2.31. The molecule has 6 heteroatoms. The second kappa shape index (κ2) is 7.24. The molecule has 1 heterocycles. The van der Waals surface area contributed by atoms with Crippen LogP contribution < -0.4 is 10.2 Å². The highest BCUT2D eigenvalue weighted by Gasteiger charge is 2.35. The first kappa shape index (κ1) is 16.8. The molecule has 1 aliphatic rings. The normalized spacial score (nSPS) is 17.2. The third kappa shape index (κ3) is 3.71. The van der Waals surface area contributed by atoms with Gasteiger partial charge in [-0.15, -0.1) is 0 Å². The Balaban J connectivity index is 1.62. The molecule has 1 saturated heterocycles. The molecule has 4 nitrogen and oxygen atoms in total. The molecule has 0 spiro atoms. The first-order chi connectivity index (χ1) is 11.5. The number of nitrogens with zero attached hydrogens (tertiary/aromatic N) is 1. The number of nitrogens with one attached hydrogen (secondary N) is 1. The van der Waals surface area contributed by atoms with Gasteiger partial charge in [0.1, 0.15) is 0 Å². The van der Waals surface area contributed by atoms with Crippen molar-refractivity contribution in [2.75, 3.05) is 11.4 Å². The lowest BCUT2D eigenvalue weighted by Crippen LogP contribution is -2.32. The Hall–Kier alpha value is -2.04. The maximum atomic E-state index is 12.3. The SMILES string of the molecule is O=C(NCc1ccc(Cl)cc1)[C@@H]1CC(=O)N(c2ccccc2Cl)C1. The summed E-state index contributed by atoms with van der Waals surface area (Å²) < 4.78 is 0. The Morgan fingerprint density at radius 2 is 1.83 bits per heavy atom. The first-order valence-corrected chi connectivity index (χ1v) is 8.37. The van der Waals surface area contributed by atoms with E-state index in [-0.39, 0.29) is 24.2 Å². The molecule has 1 N–H and O–H groups in total. The van der Waals surface area contributed by atoms with E-state index in [1.54, 1.807) is 29.2 Å². The molecule has 1 aliphatic heterocycles. The fraction of sp³-hybridized carbons (Fsp3) is 0.222. The maximum absolute atomic E-state index is 12.3. The highest BCUT2D eigenvalue weighted by molar-refractivity contribution is 6.34. The van der Waals surface area contributed by atoms with Crippen molar-refractivity contribution < 1.29 is 9.59 Å². The molecule has 2 amide bonds. The van der Waals surface area contributed by atoms with Crippen LogP contribution in [0, 0.1) is 5.92 Å². The van der Waals surface area contributed by atoms with E-state index in [9.17, 15) is 9.59 Å². The number of para-hydroxylation sites is 1. The van der Waals surface area contributed by atoms with Gasteiger partial charge in [-0.2, -0.15) is 0 Å². The van der Waals surface area contributed by atoms with Crippen molar-refractivity contribution in [3.63, 3.8) is 0 Å². The molecule has 0 aromatic heterocycles. The zero-order valence-electron chi connectivity index (χ0n) is 12.8. The van der Waals surface area contributed by atoms with Gasteiger partial charge in [0.15, 0.2) is 0 Å². The van der Waals surface area contributed by atoms with E-state index < -0.39 is 0 Å². The third-order valence-electron chi connectivity index (χ3n) is 4.02. The average molecular weight is 363 g/mol. The molecule has 2 aromatic rings. The fourth-order valence-electron chi connectivity index (χ4n) is 2.72. The molecular formula is C18H16Cl2N2O2. The van der Waals surface area contributed by atoms with Crippen LogP contribution >= 0.6 is 23.2 Å². The number of amides is 2. The molecule has 0 saturated carbocycles. The van der Waals surface area contributed by atoms with Crippen LogP contribution in [-0.2, 0) is 16.1 Å². The topological polar surface area (TPSA) is 49.4 Å². The Labute approximate surface area is 150 Å². The largest absolute Gasteiger partial charge is 0.352 e. The number of benzene rings is 2. The van der Waals surface area contributed by atoms with E-state index >= 15 is 0 Å². The molecule has 0 unspecified atom stereocenters. The summed E-state index contributed by atoms with van der Waals surface area (Å²) in [6.07, 6.45) is 0.192. The summed E-state index contributed by atoms with van der Waals surface area (Å²) in [6.45, 7) is 0.752. The van der Waals surface area contributed by atoms with Crippen LogP contribution in [0.1, 0.15) is 12.0 Å². The predicted molar refractivity (Wildman–Crippen MR) is 95.2 cm³/mol. The quantitative estimate of drug-likeness (QED) is 0.901. The van der Waals surface area contributed by atoms with Crippen molar-refractivity contribution in [2.45, 2.75) is 13.0 Å². The van der Waals surface area contributed by atoms with Crippen LogP contribution in [-0.4, -0.2) is 18.4 Å².